The Morgan fingerprint density at radius 2 is 1.94 bits per heavy atom. The topological polar surface area (TPSA) is 101 Å². The Labute approximate surface area is 191 Å². The lowest BCUT2D eigenvalue weighted by Crippen LogP contribution is -2.37. The third kappa shape index (κ3) is 4.01. The average molecular weight is 456 g/mol. The fraction of sp³-hybridized carbons (Fsp3) is 0.478. The molecule has 4 rings (SSSR count). The van der Waals surface area contributed by atoms with Gasteiger partial charge < -0.3 is 18.9 Å². The van der Waals surface area contributed by atoms with Gasteiger partial charge >= 0.3 is 5.69 Å². The van der Waals surface area contributed by atoms with Crippen LogP contribution < -0.4 is 20.7 Å². The predicted octanol–water partition coefficient (Wildman–Crippen LogP) is 1.59. The zero-order valence-corrected chi connectivity index (χ0v) is 19.4. The van der Waals surface area contributed by atoms with E-state index in [0.29, 0.717) is 37.1 Å². The third-order valence-corrected chi connectivity index (χ3v) is 6.38. The molecule has 1 atom stereocenters. The van der Waals surface area contributed by atoms with E-state index >= 15 is 0 Å². The second-order valence-electron chi connectivity index (χ2n) is 8.27. The highest BCUT2D eigenvalue weighted by atomic mass is 16.5. The molecule has 0 unspecified atom stereocenters. The van der Waals surface area contributed by atoms with Crippen molar-refractivity contribution in [3.8, 4) is 11.5 Å². The molecule has 2 aromatic heterocycles. The van der Waals surface area contributed by atoms with E-state index in [1.165, 1.54) is 11.6 Å². The largest absolute Gasteiger partial charge is 0.497 e. The van der Waals surface area contributed by atoms with Gasteiger partial charge in [-0.1, -0.05) is 0 Å². The highest BCUT2D eigenvalue weighted by molar-refractivity contribution is 5.77. The smallest absolute Gasteiger partial charge is 0.332 e. The zero-order valence-electron chi connectivity index (χ0n) is 19.4. The monoisotopic (exact) mass is 455 g/mol. The highest BCUT2D eigenvalue weighted by Crippen LogP contribution is 2.39. The number of nitrogens with zero attached hydrogens (tertiary/aromatic N) is 5. The number of hydrogen-bond donors (Lipinski definition) is 0. The van der Waals surface area contributed by atoms with Crippen molar-refractivity contribution < 1.29 is 14.3 Å². The van der Waals surface area contributed by atoms with Crippen LogP contribution in [0.25, 0.3) is 11.2 Å². The first-order valence-corrected chi connectivity index (χ1v) is 11.0. The lowest BCUT2D eigenvalue weighted by molar-refractivity contribution is -0.132. The van der Waals surface area contributed by atoms with Crippen LogP contribution in [0.15, 0.2) is 34.1 Å². The zero-order chi connectivity index (χ0) is 23.7. The molecule has 1 saturated heterocycles. The molecule has 0 radical (unpaired) electrons. The predicted molar refractivity (Wildman–Crippen MR) is 123 cm³/mol. The van der Waals surface area contributed by atoms with Crippen LogP contribution in [0, 0.1) is 0 Å². The summed E-state index contributed by atoms with van der Waals surface area (Å²) >= 11 is 0. The Balaban J connectivity index is 1.49. The number of methoxy groups -OCH3 is 2. The Morgan fingerprint density at radius 3 is 2.67 bits per heavy atom. The fourth-order valence-electron chi connectivity index (χ4n) is 4.60. The summed E-state index contributed by atoms with van der Waals surface area (Å²) in [7, 11) is 6.28. The van der Waals surface area contributed by atoms with Crippen molar-refractivity contribution in [2.45, 2.75) is 38.3 Å². The lowest BCUT2D eigenvalue weighted by Gasteiger charge is -2.27. The lowest BCUT2D eigenvalue weighted by atomic mass is 10.0. The minimum atomic E-state index is -0.416. The molecule has 176 valence electrons. The summed E-state index contributed by atoms with van der Waals surface area (Å²) in [6.45, 7) is 1.15. The van der Waals surface area contributed by atoms with Crippen molar-refractivity contribution in [2.75, 3.05) is 20.8 Å². The first kappa shape index (κ1) is 22.6. The molecule has 0 bridgehead atoms. The van der Waals surface area contributed by atoms with E-state index in [0.717, 1.165) is 34.5 Å². The Kier molecular flexibility index (Phi) is 6.26. The molecular weight excluding hydrogens is 426 g/mol. The standard InChI is InChI=1S/C23H29N5O5/c1-25-21-20(22(30)26(2)23(25)31)27(14-24-21)11-6-8-19(29)28-12-5-7-17(28)16-13-15(32-3)9-10-18(16)33-4/h9-10,13-14,17H,5-8,11-12H2,1-4H3/t17-/m1/s1. The van der Waals surface area contributed by atoms with Crippen molar-refractivity contribution in [2.24, 2.45) is 14.1 Å². The van der Waals surface area contributed by atoms with Gasteiger partial charge in [-0.2, -0.15) is 0 Å². The minimum Gasteiger partial charge on any atom is -0.497 e. The van der Waals surface area contributed by atoms with Gasteiger partial charge in [0, 0.05) is 39.2 Å². The van der Waals surface area contributed by atoms with E-state index in [4.69, 9.17) is 9.47 Å². The Morgan fingerprint density at radius 1 is 1.15 bits per heavy atom. The molecule has 3 heterocycles. The first-order valence-electron chi connectivity index (χ1n) is 11.0. The number of imidazole rings is 1. The van der Waals surface area contributed by atoms with Gasteiger partial charge in [-0.05, 0) is 37.5 Å². The second-order valence-corrected chi connectivity index (χ2v) is 8.27. The van der Waals surface area contributed by atoms with E-state index in [-0.39, 0.29) is 17.5 Å². The number of aromatic nitrogens is 4. The number of carbonyl (C=O) groups excluding carboxylic acids is 1. The molecule has 0 spiro atoms. The summed E-state index contributed by atoms with van der Waals surface area (Å²) in [4.78, 5) is 44.0. The van der Waals surface area contributed by atoms with Crippen LogP contribution in [0.3, 0.4) is 0 Å². The molecule has 10 nitrogen and oxygen atoms in total. The van der Waals surface area contributed by atoms with Gasteiger partial charge in [0.25, 0.3) is 5.56 Å². The van der Waals surface area contributed by atoms with Crippen molar-refractivity contribution >= 4 is 17.1 Å². The second kappa shape index (κ2) is 9.13. The van der Waals surface area contributed by atoms with Gasteiger partial charge in [0.2, 0.25) is 5.91 Å². The van der Waals surface area contributed by atoms with Gasteiger partial charge in [-0.25, -0.2) is 9.78 Å². The maximum atomic E-state index is 13.1. The van der Waals surface area contributed by atoms with Crippen LogP contribution in [0.1, 0.15) is 37.3 Å². The molecule has 1 fully saturated rings. The maximum absolute atomic E-state index is 13.1. The quantitative estimate of drug-likeness (QED) is 0.536. The SMILES string of the molecule is COc1ccc(OC)c([C@H]2CCCN2C(=O)CCCn2cnc3c2c(=O)n(C)c(=O)n3C)c1. The number of ether oxygens (including phenoxy) is 2. The maximum Gasteiger partial charge on any atom is 0.332 e. The number of benzene rings is 1. The van der Waals surface area contributed by atoms with Gasteiger partial charge in [0.15, 0.2) is 11.2 Å². The van der Waals surface area contributed by atoms with Gasteiger partial charge in [-0.15, -0.1) is 0 Å². The molecule has 1 aliphatic heterocycles. The van der Waals surface area contributed by atoms with Gasteiger partial charge in [-0.3, -0.25) is 18.7 Å². The number of carbonyl (C=O) groups is 1. The summed E-state index contributed by atoms with van der Waals surface area (Å²) in [5, 5.41) is 0. The van der Waals surface area contributed by atoms with Crippen LogP contribution in [-0.2, 0) is 25.4 Å². The summed E-state index contributed by atoms with van der Waals surface area (Å²) in [6, 6.07) is 5.59. The van der Waals surface area contributed by atoms with Crippen molar-refractivity contribution in [3.05, 3.63) is 50.9 Å². The number of hydrogen-bond acceptors (Lipinski definition) is 6. The fourth-order valence-corrected chi connectivity index (χ4v) is 4.60. The van der Waals surface area contributed by atoms with E-state index in [2.05, 4.69) is 4.98 Å². The van der Waals surface area contributed by atoms with Crippen LogP contribution in [0.2, 0.25) is 0 Å². The number of fused-ring (bicyclic) bond motifs is 1. The number of rotatable bonds is 7. The molecule has 3 aromatic rings. The number of amides is 1. The molecule has 33 heavy (non-hydrogen) atoms. The molecule has 1 aromatic carbocycles. The van der Waals surface area contributed by atoms with Crippen molar-refractivity contribution in [1.29, 1.82) is 0 Å². The van der Waals surface area contributed by atoms with E-state index in [9.17, 15) is 14.4 Å². The molecule has 0 saturated carbocycles. The van der Waals surface area contributed by atoms with E-state index in [1.54, 1.807) is 32.2 Å². The summed E-state index contributed by atoms with van der Waals surface area (Å²) in [5.74, 6) is 1.53. The average Bonchev–Trinajstić information content (AvgIpc) is 3.48. The number of likely N-dealkylation sites (tertiary alicyclic amines) is 1. The Bertz CT molecular complexity index is 1310. The summed E-state index contributed by atoms with van der Waals surface area (Å²) < 4.78 is 15.1. The van der Waals surface area contributed by atoms with Crippen LogP contribution in [0.4, 0.5) is 0 Å². The molecule has 1 amide bonds. The van der Waals surface area contributed by atoms with Gasteiger partial charge in [0.1, 0.15) is 11.5 Å². The molecule has 0 N–H and O–H groups in total. The van der Waals surface area contributed by atoms with Crippen molar-refractivity contribution in [1.82, 2.24) is 23.6 Å². The van der Waals surface area contributed by atoms with E-state index < -0.39 is 5.69 Å². The van der Waals surface area contributed by atoms with E-state index in [1.807, 2.05) is 23.1 Å². The summed E-state index contributed by atoms with van der Waals surface area (Å²) in [6.07, 6.45) is 4.23. The minimum absolute atomic E-state index is 0.0570. The van der Waals surface area contributed by atoms with Gasteiger partial charge in [0.05, 0.1) is 26.6 Å². The Hall–Kier alpha value is -3.56. The molecular formula is C23H29N5O5. The molecule has 1 aliphatic rings. The van der Waals surface area contributed by atoms with Crippen LogP contribution in [-0.4, -0.2) is 50.3 Å². The molecule has 0 aliphatic carbocycles. The normalized spacial score (nSPS) is 15.9. The first-order chi connectivity index (χ1) is 15.9. The number of aryl methyl sites for hydroxylation is 2. The van der Waals surface area contributed by atoms with Crippen LogP contribution >= 0.6 is 0 Å². The highest BCUT2D eigenvalue weighted by Gasteiger charge is 2.31. The third-order valence-electron chi connectivity index (χ3n) is 6.38. The van der Waals surface area contributed by atoms with Crippen LogP contribution in [0.5, 0.6) is 11.5 Å². The van der Waals surface area contributed by atoms with Crippen molar-refractivity contribution in [3.63, 3.8) is 0 Å². The molecule has 10 heteroatoms. The summed E-state index contributed by atoms with van der Waals surface area (Å²) in [5.41, 5.74) is 0.863.